The van der Waals surface area contributed by atoms with Crippen LogP contribution in [0.15, 0.2) is 12.2 Å². The smallest absolute Gasteiger partial charge is 0.167 e. The first-order valence-corrected chi connectivity index (χ1v) is 9.09. The summed E-state index contributed by atoms with van der Waals surface area (Å²) in [5.74, 6) is -0.0873. The van der Waals surface area contributed by atoms with Crippen LogP contribution in [0.5, 0.6) is 0 Å². The largest absolute Gasteiger partial charge is 0.385 e. The van der Waals surface area contributed by atoms with Gasteiger partial charge < -0.3 is 14.2 Å². The molecular weight excluding hydrogens is 288 g/mol. The first-order chi connectivity index (χ1) is 10.9. The van der Waals surface area contributed by atoms with Crippen molar-refractivity contribution in [3.8, 4) is 0 Å². The minimum Gasteiger partial charge on any atom is -0.385 e. The summed E-state index contributed by atoms with van der Waals surface area (Å²) in [6.07, 6.45) is 10.1. The highest BCUT2D eigenvalue weighted by molar-refractivity contribution is 4.79. The fraction of sp³-hybridized carbons (Fsp3) is 0.900. The molecule has 0 heterocycles. The fourth-order valence-electron chi connectivity index (χ4n) is 2.52. The molecule has 0 N–H and O–H groups in total. The fourth-order valence-corrected chi connectivity index (χ4v) is 2.52. The second kappa shape index (κ2) is 16.5. The van der Waals surface area contributed by atoms with Crippen molar-refractivity contribution >= 4 is 0 Å². The summed E-state index contributed by atoms with van der Waals surface area (Å²) >= 11 is 0. The predicted octanol–water partition coefficient (Wildman–Crippen LogP) is 5.98. The standard InChI is InChI=1S/C16H34O3.C4H8/c1-6-7-8-9-10-11-12-15(13-14-17-3)16(2,18-4)19-5;1-4(2)3/h15H,6-14H2,1-5H3;1H2,2-3H3. The lowest BCUT2D eigenvalue weighted by Crippen LogP contribution is -2.39. The average molecular weight is 331 g/mol. The van der Waals surface area contributed by atoms with Gasteiger partial charge in [0, 0.05) is 33.9 Å². The van der Waals surface area contributed by atoms with Gasteiger partial charge in [-0.1, -0.05) is 51.0 Å². The number of rotatable bonds is 13. The molecule has 0 fully saturated rings. The van der Waals surface area contributed by atoms with E-state index in [9.17, 15) is 0 Å². The summed E-state index contributed by atoms with van der Waals surface area (Å²) in [5.41, 5.74) is 1.17. The molecular formula is C20H42O3. The van der Waals surface area contributed by atoms with Gasteiger partial charge in [0.25, 0.3) is 0 Å². The van der Waals surface area contributed by atoms with E-state index in [4.69, 9.17) is 14.2 Å². The lowest BCUT2D eigenvalue weighted by molar-refractivity contribution is -0.231. The summed E-state index contributed by atoms with van der Waals surface area (Å²) in [6, 6.07) is 0. The molecule has 0 rings (SSSR count). The predicted molar refractivity (Wildman–Crippen MR) is 101 cm³/mol. The third-order valence-corrected chi connectivity index (χ3v) is 4.13. The van der Waals surface area contributed by atoms with Crippen molar-refractivity contribution < 1.29 is 14.2 Å². The van der Waals surface area contributed by atoms with Crippen LogP contribution < -0.4 is 0 Å². The van der Waals surface area contributed by atoms with E-state index < -0.39 is 5.79 Å². The Hall–Kier alpha value is -0.380. The Labute approximate surface area is 145 Å². The zero-order valence-corrected chi connectivity index (χ0v) is 16.9. The number of ether oxygens (including phenoxy) is 3. The number of unbranched alkanes of at least 4 members (excludes halogenated alkanes) is 5. The SMILES string of the molecule is C=C(C)C.CCCCCCCCC(CCOC)C(C)(OC)OC. The maximum Gasteiger partial charge on any atom is 0.167 e. The van der Waals surface area contributed by atoms with Gasteiger partial charge in [0.05, 0.1) is 0 Å². The monoisotopic (exact) mass is 330 g/mol. The van der Waals surface area contributed by atoms with Crippen LogP contribution >= 0.6 is 0 Å². The van der Waals surface area contributed by atoms with E-state index >= 15 is 0 Å². The second-order valence-electron chi connectivity index (χ2n) is 6.67. The summed E-state index contributed by atoms with van der Waals surface area (Å²) in [6.45, 7) is 12.6. The van der Waals surface area contributed by atoms with Crippen molar-refractivity contribution in [3.05, 3.63) is 12.2 Å². The second-order valence-corrected chi connectivity index (χ2v) is 6.67. The molecule has 1 unspecified atom stereocenters. The molecule has 0 saturated heterocycles. The Bertz CT molecular complexity index is 256. The molecule has 0 aromatic rings. The molecule has 0 bridgehead atoms. The van der Waals surface area contributed by atoms with Crippen LogP contribution in [0.1, 0.15) is 79.1 Å². The van der Waals surface area contributed by atoms with Crippen LogP contribution in [0.3, 0.4) is 0 Å². The lowest BCUT2D eigenvalue weighted by Gasteiger charge is -2.35. The zero-order valence-electron chi connectivity index (χ0n) is 16.9. The first kappa shape index (κ1) is 24.9. The summed E-state index contributed by atoms with van der Waals surface area (Å²) in [4.78, 5) is 0. The van der Waals surface area contributed by atoms with Crippen LogP contribution in [0.2, 0.25) is 0 Å². The van der Waals surface area contributed by atoms with Crippen molar-refractivity contribution in [2.24, 2.45) is 5.92 Å². The maximum atomic E-state index is 5.56. The van der Waals surface area contributed by atoms with Crippen LogP contribution in [0.4, 0.5) is 0 Å². The molecule has 0 aromatic carbocycles. The van der Waals surface area contributed by atoms with E-state index in [-0.39, 0.29) is 0 Å². The molecule has 140 valence electrons. The van der Waals surface area contributed by atoms with Crippen molar-refractivity contribution in [2.75, 3.05) is 27.9 Å². The van der Waals surface area contributed by atoms with Gasteiger partial charge in [-0.05, 0) is 33.6 Å². The molecule has 23 heavy (non-hydrogen) atoms. The molecule has 0 saturated carbocycles. The molecule has 3 nitrogen and oxygen atoms in total. The van der Waals surface area contributed by atoms with E-state index in [1.807, 2.05) is 20.8 Å². The van der Waals surface area contributed by atoms with E-state index in [0.717, 1.165) is 19.4 Å². The van der Waals surface area contributed by atoms with Gasteiger partial charge in [-0.3, -0.25) is 0 Å². The number of methoxy groups -OCH3 is 3. The van der Waals surface area contributed by atoms with Crippen molar-refractivity contribution in [3.63, 3.8) is 0 Å². The minimum absolute atomic E-state index is 0.397. The summed E-state index contributed by atoms with van der Waals surface area (Å²) < 4.78 is 16.3. The van der Waals surface area contributed by atoms with Gasteiger partial charge in [0.15, 0.2) is 5.79 Å². The third-order valence-electron chi connectivity index (χ3n) is 4.13. The molecule has 0 aliphatic heterocycles. The molecule has 0 aliphatic rings. The molecule has 0 amide bonds. The molecule has 0 spiro atoms. The Balaban J connectivity index is 0. The highest BCUT2D eigenvalue weighted by atomic mass is 16.7. The van der Waals surface area contributed by atoms with E-state index in [1.54, 1.807) is 21.3 Å². The Kier molecular flexibility index (Phi) is 17.8. The maximum absolute atomic E-state index is 5.56. The van der Waals surface area contributed by atoms with Gasteiger partial charge >= 0.3 is 0 Å². The summed E-state index contributed by atoms with van der Waals surface area (Å²) in [5, 5.41) is 0. The quantitative estimate of drug-likeness (QED) is 0.236. The Morgan fingerprint density at radius 3 is 1.83 bits per heavy atom. The van der Waals surface area contributed by atoms with Crippen LogP contribution in [0, 0.1) is 5.92 Å². The number of hydrogen-bond donors (Lipinski definition) is 0. The molecule has 0 aliphatic carbocycles. The van der Waals surface area contributed by atoms with Gasteiger partial charge in [0.1, 0.15) is 0 Å². The molecule has 1 atom stereocenters. The van der Waals surface area contributed by atoms with Crippen LogP contribution in [-0.4, -0.2) is 33.7 Å². The number of hydrogen-bond acceptors (Lipinski definition) is 3. The van der Waals surface area contributed by atoms with Gasteiger partial charge in [-0.25, -0.2) is 0 Å². The molecule has 3 heteroatoms. The minimum atomic E-state index is -0.484. The van der Waals surface area contributed by atoms with Gasteiger partial charge in [0.2, 0.25) is 0 Å². The van der Waals surface area contributed by atoms with Crippen molar-refractivity contribution in [1.82, 2.24) is 0 Å². The van der Waals surface area contributed by atoms with Crippen molar-refractivity contribution in [2.45, 2.75) is 84.8 Å². The number of allylic oxidation sites excluding steroid dienone is 1. The summed E-state index contributed by atoms with van der Waals surface area (Å²) in [7, 11) is 5.20. The highest BCUT2D eigenvalue weighted by Gasteiger charge is 2.33. The third kappa shape index (κ3) is 14.9. The Morgan fingerprint density at radius 2 is 1.39 bits per heavy atom. The average Bonchev–Trinajstić information content (AvgIpc) is 2.52. The van der Waals surface area contributed by atoms with E-state index in [1.165, 1.54) is 44.1 Å². The van der Waals surface area contributed by atoms with Gasteiger partial charge in [-0.15, -0.1) is 6.58 Å². The molecule has 0 aromatic heterocycles. The lowest BCUT2D eigenvalue weighted by atomic mass is 9.90. The highest BCUT2D eigenvalue weighted by Crippen LogP contribution is 2.30. The van der Waals surface area contributed by atoms with Crippen LogP contribution in [-0.2, 0) is 14.2 Å². The zero-order chi connectivity index (χ0) is 18.1. The Morgan fingerprint density at radius 1 is 0.913 bits per heavy atom. The first-order valence-electron chi connectivity index (χ1n) is 9.09. The molecule has 0 radical (unpaired) electrons. The topological polar surface area (TPSA) is 27.7 Å². The van der Waals surface area contributed by atoms with Crippen molar-refractivity contribution in [1.29, 1.82) is 0 Å². The van der Waals surface area contributed by atoms with Gasteiger partial charge in [-0.2, -0.15) is 0 Å². The van der Waals surface area contributed by atoms with E-state index in [0.29, 0.717) is 5.92 Å². The van der Waals surface area contributed by atoms with Crippen LogP contribution in [0.25, 0.3) is 0 Å². The van der Waals surface area contributed by atoms with E-state index in [2.05, 4.69) is 13.5 Å². The normalized spacial score (nSPS) is 12.5.